The van der Waals surface area contributed by atoms with Crippen molar-refractivity contribution in [2.75, 3.05) is 12.8 Å². The van der Waals surface area contributed by atoms with Crippen molar-refractivity contribution in [2.45, 2.75) is 23.8 Å². The van der Waals surface area contributed by atoms with E-state index in [2.05, 4.69) is 5.32 Å². The Labute approximate surface area is 175 Å². The highest BCUT2D eigenvalue weighted by atomic mass is 32.2. The van der Waals surface area contributed by atoms with Gasteiger partial charge in [-0.1, -0.05) is 42.5 Å². The van der Waals surface area contributed by atoms with Gasteiger partial charge in [0.15, 0.2) is 9.84 Å². The average Bonchev–Trinajstić information content (AvgIpc) is 3.25. The van der Waals surface area contributed by atoms with E-state index in [9.17, 15) is 18.3 Å². The first-order valence-corrected chi connectivity index (χ1v) is 12.0. The van der Waals surface area contributed by atoms with E-state index in [1.54, 1.807) is 35.6 Å². The first-order chi connectivity index (χ1) is 13.8. The number of carbonyl (C=O) groups excluding carboxylic acids is 1. The topological polar surface area (TPSA) is 83.5 Å². The van der Waals surface area contributed by atoms with Crippen LogP contribution < -0.4 is 5.32 Å². The Morgan fingerprint density at radius 1 is 1.07 bits per heavy atom. The molecule has 1 atom stereocenters. The van der Waals surface area contributed by atoms with Gasteiger partial charge in [-0.25, -0.2) is 8.42 Å². The summed E-state index contributed by atoms with van der Waals surface area (Å²) in [5, 5.41) is 15.1. The Balaban J connectivity index is 1.46. The van der Waals surface area contributed by atoms with Crippen LogP contribution in [0.15, 0.2) is 70.9 Å². The summed E-state index contributed by atoms with van der Waals surface area (Å²) in [6.07, 6.45) is 1.16. The van der Waals surface area contributed by atoms with Gasteiger partial charge in [-0.2, -0.15) is 0 Å². The summed E-state index contributed by atoms with van der Waals surface area (Å²) in [5.41, 5.74) is 2.74. The SMILES string of the molecule is CS(=O)(=O)c1ccc(CCC(=O)NCC(O)c2ccc(-c3cccs3)cc2)cc1. The summed E-state index contributed by atoms with van der Waals surface area (Å²) in [7, 11) is -3.22. The molecule has 0 spiro atoms. The first kappa shape index (κ1) is 21.2. The molecule has 2 N–H and O–H groups in total. The Morgan fingerprint density at radius 3 is 2.34 bits per heavy atom. The molecule has 3 aromatic rings. The van der Waals surface area contributed by atoms with E-state index in [1.165, 1.54) is 4.88 Å². The molecule has 5 nitrogen and oxygen atoms in total. The van der Waals surface area contributed by atoms with Crippen molar-refractivity contribution in [2.24, 2.45) is 0 Å². The lowest BCUT2D eigenvalue weighted by Crippen LogP contribution is -2.28. The van der Waals surface area contributed by atoms with Gasteiger partial charge >= 0.3 is 0 Å². The molecule has 0 fully saturated rings. The van der Waals surface area contributed by atoms with Gasteiger partial charge in [-0.05, 0) is 46.7 Å². The Kier molecular flexibility index (Phi) is 6.84. The van der Waals surface area contributed by atoms with Gasteiger partial charge in [-0.15, -0.1) is 11.3 Å². The summed E-state index contributed by atoms with van der Waals surface area (Å²) >= 11 is 1.66. The second kappa shape index (κ2) is 9.35. The standard InChI is InChI=1S/C22H23NO4S2/c1-29(26,27)19-11-4-16(5-12-19)6-13-22(25)23-15-20(24)17-7-9-18(10-8-17)21-3-2-14-28-21/h2-5,7-12,14,20,24H,6,13,15H2,1H3,(H,23,25). The third-order valence-corrected chi connectivity index (χ3v) is 6.63. The molecule has 0 saturated heterocycles. The van der Waals surface area contributed by atoms with Crippen LogP contribution in [0.5, 0.6) is 0 Å². The molecule has 0 radical (unpaired) electrons. The minimum absolute atomic E-state index is 0.143. The Morgan fingerprint density at radius 2 is 1.76 bits per heavy atom. The number of hydrogen-bond acceptors (Lipinski definition) is 5. The predicted molar refractivity (Wildman–Crippen MR) is 116 cm³/mol. The third-order valence-electron chi connectivity index (χ3n) is 4.59. The van der Waals surface area contributed by atoms with Gasteiger partial charge in [0.2, 0.25) is 5.91 Å². The molecule has 7 heteroatoms. The van der Waals surface area contributed by atoms with Crippen LogP contribution in [0.3, 0.4) is 0 Å². The molecule has 1 heterocycles. The molecule has 1 aromatic heterocycles. The molecule has 0 aliphatic rings. The zero-order valence-electron chi connectivity index (χ0n) is 16.0. The number of benzene rings is 2. The molecule has 0 aliphatic heterocycles. The smallest absolute Gasteiger partial charge is 0.220 e. The number of aliphatic hydroxyl groups excluding tert-OH is 1. The van der Waals surface area contributed by atoms with E-state index in [1.807, 2.05) is 41.8 Å². The van der Waals surface area contributed by atoms with E-state index in [0.29, 0.717) is 6.42 Å². The average molecular weight is 430 g/mol. The predicted octanol–water partition coefficient (Wildman–Crippen LogP) is 3.60. The molecule has 1 amide bonds. The lowest BCUT2D eigenvalue weighted by molar-refractivity contribution is -0.121. The highest BCUT2D eigenvalue weighted by Gasteiger charge is 2.11. The van der Waals surface area contributed by atoms with Crippen molar-refractivity contribution in [3.05, 3.63) is 77.2 Å². The molecule has 0 saturated carbocycles. The first-order valence-electron chi connectivity index (χ1n) is 9.20. The van der Waals surface area contributed by atoms with Crippen molar-refractivity contribution in [1.29, 1.82) is 0 Å². The van der Waals surface area contributed by atoms with Gasteiger partial charge in [-0.3, -0.25) is 4.79 Å². The Bertz CT molecular complexity index is 1040. The van der Waals surface area contributed by atoms with Crippen LogP contribution in [0, 0.1) is 0 Å². The monoisotopic (exact) mass is 429 g/mol. The molecule has 1 unspecified atom stereocenters. The van der Waals surface area contributed by atoms with Gasteiger partial charge in [0, 0.05) is 24.1 Å². The van der Waals surface area contributed by atoms with Crippen LogP contribution in [0.4, 0.5) is 0 Å². The summed E-state index contributed by atoms with van der Waals surface area (Å²) in [6, 6.07) is 18.2. The number of hydrogen-bond donors (Lipinski definition) is 2. The number of thiophene rings is 1. The number of aryl methyl sites for hydroxylation is 1. The molecule has 3 rings (SSSR count). The zero-order chi connectivity index (χ0) is 20.9. The van der Waals surface area contributed by atoms with Crippen LogP contribution >= 0.6 is 11.3 Å². The molecule has 152 valence electrons. The fourth-order valence-corrected chi connectivity index (χ4v) is 4.25. The van der Waals surface area contributed by atoms with E-state index in [-0.39, 0.29) is 23.8 Å². The second-order valence-corrected chi connectivity index (χ2v) is 9.80. The largest absolute Gasteiger partial charge is 0.387 e. The van der Waals surface area contributed by atoms with Crippen molar-refractivity contribution in [1.82, 2.24) is 5.32 Å². The van der Waals surface area contributed by atoms with Crippen LogP contribution in [0.25, 0.3) is 10.4 Å². The van der Waals surface area contributed by atoms with Gasteiger partial charge < -0.3 is 10.4 Å². The molecule has 29 heavy (non-hydrogen) atoms. The number of nitrogens with one attached hydrogen (secondary N) is 1. The molecule has 2 aromatic carbocycles. The lowest BCUT2D eigenvalue weighted by atomic mass is 10.1. The lowest BCUT2D eigenvalue weighted by Gasteiger charge is -2.13. The van der Waals surface area contributed by atoms with Crippen LogP contribution in [0.2, 0.25) is 0 Å². The number of amides is 1. The van der Waals surface area contributed by atoms with E-state index < -0.39 is 15.9 Å². The third kappa shape index (κ3) is 6.00. The van der Waals surface area contributed by atoms with Gasteiger partial charge in [0.05, 0.1) is 11.0 Å². The van der Waals surface area contributed by atoms with Gasteiger partial charge in [0.1, 0.15) is 0 Å². The number of sulfone groups is 1. The summed E-state index contributed by atoms with van der Waals surface area (Å²) in [5.74, 6) is -0.161. The molecular formula is C22H23NO4S2. The van der Waals surface area contributed by atoms with E-state index >= 15 is 0 Å². The number of aliphatic hydroxyl groups is 1. The second-order valence-electron chi connectivity index (χ2n) is 6.84. The summed E-state index contributed by atoms with van der Waals surface area (Å²) in [4.78, 5) is 13.5. The summed E-state index contributed by atoms with van der Waals surface area (Å²) < 4.78 is 22.9. The highest BCUT2D eigenvalue weighted by molar-refractivity contribution is 7.90. The normalized spacial score (nSPS) is 12.5. The quantitative estimate of drug-likeness (QED) is 0.573. The number of rotatable bonds is 8. The van der Waals surface area contributed by atoms with Crippen molar-refractivity contribution in [3.63, 3.8) is 0 Å². The van der Waals surface area contributed by atoms with Crippen LogP contribution in [-0.2, 0) is 21.1 Å². The van der Waals surface area contributed by atoms with Crippen molar-refractivity contribution >= 4 is 27.1 Å². The maximum absolute atomic E-state index is 12.1. The highest BCUT2D eigenvalue weighted by Crippen LogP contribution is 2.26. The maximum Gasteiger partial charge on any atom is 0.220 e. The fourth-order valence-electron chi connectivity index (χ4n) is 2.89. The molecule has 0 bridgehead atoms. The number of carbonyl (C=O) groups is 1. The fraction of sp³-hybridized carbons (Fsp3) is 0.227. The maximum atomic E-state index is 12.1. The van der Waals surface area contributed by atoms with Crippen molar-refractivity contribution < 1.29 is 18.3 Å². The zero-order valence-corrected chi connectivity index (χ0v) is 17.7. The minimum atomic E-state index is -3.22. The molecule has 0 aliphatic carbocycles. The van der Waals surface area contributed by atoms with Crippen molar-refractivity contribution in [3.8, 4) is 10.4 Å². The minimum Gasteiger partial charge on any atom is -0.387 e. The van der Waals surface area contributed by atoms with Gasteiger partial charge in [0.25, 0.3) is 0 Å². The van der Waals surface area contributed by atoms with Crippen LogP contribution in [0.1, 0.15) is 23.7 Å². The summed E-state index contributed by atoms with van der Waals surface area (Å²) in [6.45, 7) is 0.143. The Hall–Kier alpha value is -2.48. The molecular weight excluding hydrogens is 406 g/mol. The van der Waals surface area contributed by atoms with E-state index in [4.69, 9.17) is 0 Å². The van der Waals surface area contributed by atoms with E-state index in [0.717, 1.165) is 22.9 Å². The van der Waals surface area contributed by atoms with Crippen LogP contribution in [-0.4, -0.2) is 32.2 Å².